The highest BCUT2D eigenvalue weighted by Crippen LogP contribution is 2.32. The van der Waals surface area contributed by atoms with Gasteiger partial charge < -0.3 is 19.3 Å². The van der Waals surface area contributed by atoms with Crippen LogP contribution in [0.2, 0.25) is 0 Å². The molecule has 3 aromatic rings. The minimum Gasteiger partial charge on any atom is -0.478 e. The molecule has 0 aliphatic carbocycles. The van der Waals surface area contributed by atoms with Crippen LogP contribution in [0.3, 0.4) is 0 Å². The molecule has 2 aliphatic heterocycles. The van der Waals surface area contributed by atoms with Gasteiger partial charge in [0, 0.05) is 62.3 Å². The summed E-state index contributed by atoms with van der Waals surface area (Å²) in [6, 6.07) is 10.3. The normalized spacial score (nSPS) is 18.2. The Balaban J connectivity index is 1.44. The third kappa shape index (κ3) is 4.51. The first-order valence-corrected chi connectivity index (χ1v) is 12.5. The number of aryl methyl sites for hydroxylation is 1. The van der Waals surface area contributed by atoms with E-state index in [4.69, 9.17) is 4.74 Å². The number of carbonyl (C=O) groups is 2. The quantitative estimate of drug-likeness (QED) is 0.515. The van der Waals surface area contributed by atoms with E-state index in [-0.39, 0.29) is 17.3 Å². The van der Waals surface area contributed by atoms with Crippen LogP contribution in [0.25, 0.3) is 10.9 Å². The van der Waals surface area contributed by atoms with Crippen LogP contribution in [-0.4, -0.2) is 77.3 Å². The third-order valence-corrected chi connectivity index (χ3v) is 7.63. The Hall–Kier alpha value is -3.23. The van der Waals surface area contributed by atoms with Crippen molar-refractivity contribution in [2.75, 3.05) is 39.9 Å². The molecule has 1 N–H and O–H groups in total. The largest absolute Gasteiger partial charge is 0.478 e. The Morgan fingerprint density at radius 2 is 2.00 bits per heavy atom. The molecule has 2 aromatic carbocycles. The zero-order valence-electron chi connectivity index (χ0n) is 20.8. The van der Waals surface area contributed by atoms with Crippen LogP contribution >= 0.6 is 0 Å². The number of aromatic nitrogens is 1. The SMILES string of the molecule is COCC1CCCN1CCN1CCc2c(c3cc(F)ccc3n2Cc2ccc(C(=O)O)c(C)c2)C1=O. The van der Waals surface area contributed by atoms with E-state index in [0.717, 1.165) is 42.7 Å². The molecule has 1 saturated heterocycles. The highest BCUT2D eigenvalue weighted by atomic mass is 19.1. The molecule has 7 nitrogen and oxygen atoms in total. The number of carboxylic acid groups (broad SMARTS) is 1. The van der Waals surface area contributed by atoms with Crippen molar-refractivity contribution in [2.24, 2.45) is 0 Å². The minimum atomic E-state index is -0.952. The lowest BCUT2D eigenvalue weighted by molar-refractivity contribution is 0.0682. The molecule has 8 heteroatoms. The lowest BCUT2D eigenvalue weighted by Gasteiger charge is -2.31. The number of fused-ring (bicyclic) bond motifs is 3. The summed E-state index contributed by atoms with van der Waals surface area (Å²) in [6.07, 6.45) is 2.95. The van der Waals surface area contributed by atoms with Gasteiger partial charge in [0.25, 0.3) is 5.91 Å². The lowest BCUT2D eigenvalue weighted by Crippen LogP contribution is -2.44. The van der Waals surface area contributed by atoms with Crippen molar-refractivity contribution in [3.8, 4) is 0 Å². The molecule has 1 amide bonds. The standard InChI is InChI=1S/C28H32FN3O4/c1-18-14-19(5-7-22(18)28(34)35)16-32-24-8-6-20(29)15-23(24)26-25(32)9-11-31(27(26)33)13-12-30-10-3-4-21(30)17-36-2/h5-8,14-15,21H,3-4,9-13,16-17H2,1-2H3,(H,34,35). The van der Waals surface area contributed by atoms with Crippen LogP contribution in [0.4, 0.5) is 4.39 Å². The Kier molecular flexibility index (Phi) is 6.81. The number of amides is 1. The van der Waals surface area contributed by atoms with Crippen LogP contribution in [-0.2, 0) is 17.7 Å². The van der Waals surface area contributed by atoms with Gasteiger partial charge in [0.2, 0.25) is 0 Å². The summed E-state index contributed by atoms with van der Waals surface area (Å²) in [7, 11) is 1.73. The molecule has 36 heavy (non-hydrogen) atoms. The summed E-state index contributed by atoms with van der Waals surface area (Å²) in [4.78, 5) is 29.4. The van der Waals surface area contributed by atoms with Gasteiger partial charge in [-0.1, -0.05) is 12.1 Å². The number of hydrogen-bond donors (Lipinski definition) is 1. The van der Waals surface area contributed by atoms with Gasteiger partial charge in [-0.3, -0.25) is 9.69 Å². The Morgan fingerprint density at radius 1 is 1.17 bits per heavy atom. The summed E-state index contributed by atoms with van der Waals surface area (Å²) in [5, 5.41) is 9.99. The van der Waals surface area contributed by atoms with Gasteiger partial charge in [0.05, 0.1) is 17.7 Å². The first kappa shape index (κ1) is 24.5. The van der Waals surface area contributed by atoms with Crippen LogP contribution < -0.4 is 0 Å². The number of hydrogen-bond acceptors (Lipinski definition) is 4. The summed E-state index contributed by atoms with van der Waals surface area (Å²) in [6.45, 7) is 6.05. The number of methoxy groups -OCH3 is 1. The van der Waals surface area contributed by atoms with Crippen molar-refractivity contribution >= 4 is 22.8 Å². The third-order valence-electron chi connectivity index (χ3n) is 7.63. The van der Waals surface area contributed by atoms with E-state index in [1.807, 2.05) is 17.0 Å². The van der Waals surface area contributed by atoms with Crippen LogP contribution in [0, 0.1) is 12.7 Å². The summed E-state index contributed by atoms with van der Waals surface area (Å²) < 4.78 is 21.7. The number of aromatic carboxylic acids is 1. The molecule has 5 rings (SSSR count). The first-order chi connectivity index (χ1) is 17.4. The van der Waals surface area contributed by atoms with Gasteiger partial charge in [-0.25, -0.2) is 9.18 Å². The second-order valence-corrected chi connectivity index (χ2v) is 9.85. The fourth-order valence-electron chi connectivity index (χ4n) is 5.84. The molecule has 1 atom stereocenters. The predicted molar refractivity (Wildman–Crippen MR) is 135 cm³/mol. The fraction of sp³-hybridized carbons (Fsp3) is 0.429. The van der Waals surface area contributed by atoms with Crippen molar-refractivity contribution in [3.05, 3.63) is 70.2 Å². The average molecular weight is 494 g/mol. The zero-order valence-corrected chi connectivity index (χ0v) is 20.8. The number of carbonyl (C=O) groups excluding carboxylic acids is 1. The average Bonchev–Trinajstić information content (AvgIpc) is 3.41. The van der Waals surface area contributed by atoms with Crippen molar-refractivity contribution in [3.63, 3.8) is 0 Å². The molecule has 0 saturated carbocycles. The van der Waals surface area contributed by atoms with Gasteiger partial charge in [-0.15, -0.1) is 0 Å². The second kappa shape index (κ2) is 10.0. The van der Waals surface area contributed by atoms with Crippen LogP contribution in [0.15, 0.2) is 36.4 Å². The summed E-state index contributed by atoms with van der Waals surface area (Å²) in [5.41, 5.74) is 4.22. The van der Waals surface area contributed by atoms with Crippen LogP contribution in [0.5, 0.6) is 0 Å². The van der Waals surface area contributed by atoms with Gasteiger partial charge in [-0.2, -0.15) is 0 Å². The van der Waals surface area contributed by atoms with Gasteiger partial charge in [-0.05, 0) is 61.7 Å². The fourth-order valence-corrected chi connectivity index (χ4v) is 5.84. The van der Waals surface area contributed by atoms with E-state index in [1.54, 1.807) is 26.2 Å². The highest BCUT2D eigenvalue weighted by molar-refractivity contribution is 6.09. The minimum absolute atomic E-state index is 0.0505. The van der Waals surface area contributed by atoms with Gasteiger partial charge in [0.15, 0.2) is 0 Å². The Bertz CT molecular complexity index is 1320. The molecule has 0 spiro atoms. The number of nitrogens with zero attached hydrogens (tertiary/aromatic N) is 3. The molecule has 1 aromatic heterocycles. The smallest absolute Gasteiger partial charge is 0.335 e. The summed E-state index contributed by atoms with van der Waals surface area (Å²) in [5.74, 6) is -1.37. The predicted octanol–water partition coefficient (Wildman–Crippen LogP) is 3.94. The maximum atomic E-state index is 14.3. The maximum absolute atomic E-state index is 14.3. The second-order valence-electron chi connectivity index (χ2n) is 9.85. The number of carboxylic acids is 1. The van der Waals surface area contributed by atoms with E-state index in [2.05, 4.69) is 9.47 Å². The number of benzene rings is 2. The van der Waals surface area contributed by atoms with E-state index >= 15 is 0 Å². The molecular formula is C28H32FN3O4. The molecule has 190 valence electrons. The highest BCUT2D eigenvalue weighted by Gasteiger charge is 2.32. The van der Waals surface area contributed by atoms with Crippen molar-refractivity contribution < 1.29 is 23.8 Å². The van der Waals surface area contributed by atoms with Crippen LogP contribution in [0.1, 0.15) is 50.4 Å². The van der Waals surface area contributed by atoms with Gasteiger partial charge >= 0.3 is 5.97 Å². The van der Waals surface area contributed by atoms with Crippen molar-refractivity contribution in [2.45, 2.75) is 38.8 Å². The lowest BCUT2D eigenvalue weighted by atomic mass is 10.0. The Morgan fingerprint density at radius 3 is 2.75 bits per heavy atom. The van der Waals surface area contributed by atoms with Crippen molar-refractivity contribution in [1.82, 2.24) is 14.4 Å². The van der Waals surface area contributed by atoms with E-state index in [0.29, 0.717) is 55.2 Å². The number of likely N-dealkylation sites (tertiary alicyclic amines) is 1. The molecule has 2 aliphatic rings. The molecule has 3 heterocycles. The molecular weight excluding hydrogens is 461 g/mol. The zero-order chi connectivity index (χ0) is 25.4. The number of ether oxygens (including phenoxy) is 1. The molecule has 1 fully saturated rings. The maximum Gasteiger partial charge on any atom is 0.335 e. The van der Waals surface area contributed by atoms with Crippen molar-refractivity contribution in [1.29, 1.82) is 0 Å². The number of halogens is 1. The number of rotatable bonds is 8. The van der Waals surface area contributed by atoms with Gasteiger partial charge in [0.1, 0.15) is 5.82 Å². The monoisotopic (exact) mass is 493 g/mol. The molecule has 0 radical (unpaired) electrons. The molecule has 0 bridgehead atoms. The van der Waals surface area contributed by atoms with E-state index in [9.17, 15) is 19.1 Å². The topological polar surface area (TPSA) is 75.0 Å². The first-order valence-electron chi connectivity index (χ1n) is 12.5. The van der Waals surface area contributed by atoms with E-state index < -0.39 is 5.97 Å². The molecule has 1 unspecified atom stereocenters. The van der Waals surface area contributed by atoms with E-state index in [1.165, 1.54) is 12.1 Å². The summed E-state index contributed by atoms with van der Waals surface area (Å²) >= 11 is 0. The Labute approximate surface area is 210 Å².